The second kappa shape index (κ2) is 13.9. The summed E-state index contributed by atoms with van der Waals surface area (Å²) in [5.74, 6) is -0.742. The summed E-state index contributed by atoms with van der Waals surface area (Å²) in [5.41, 5.74) is 0.833. The van der Waals surface area contributed by atoms with E-state index in [1.54, 1.807) is 43.3 Å². The largest absolute Gasteiger partial charge is 0.497 e. The Morgan fingerprint density at radius 2 is 1.65 bits per heavy atom. The third-order valence-electron chi connectivity index (χ3n) is 6.29. The maximum atomic E-state index is 14.0. The van der Waals surface area contributed by atoms with Gasteiger partial charge in [0.2, 0.25) is 11.8 Å². The molecule has 0 saturated heterocycles. The van der Waals surface area contributed by atoms with Crippen molar-refractivity contribution in [3.63, 3.8) is 0 Å². The highest BCUT2D eigenvalue weighted by molar-refractivity contribution is 7.92. The molecular formula is C30H36FN3O5S. The number of benzene rings is 3. The van der Waals surface area contributed by atoms with Crippen LogP contribution in [0, 0.1) is 11.7 Å². The lowest BCUT2D eigenvalue weighted by atomic mass is 10.1. The van der Waals surface area contributed by atoms with Gasteiger partial charge in [0.15, 0.2) is 0 Å². The molecule has 10 heteroatoms. The Balaban J connectivity index is 2.05. The molecule has 0 aliphatic rings. The van der Waals surface area contributed by atoms with Crippen LogP contribution in [0.25, 0.3) is 0 Å². The van der Waals surface area contributed by atoms with Crippen molar-refractivity contribution in [2.24, 2.45) is 5.92 Å². The fraction of sp³-hybridized carbons (Fsp3) is 0.333. The maximum Gasteiger partial charge on any atom is 0.264 e. The average Bonchev–Trinajstić information content (AvgIpc) is 2.95. The molecule has 0 saturated carbocycles. The van der Waals surface area contributed by atoms with Gasteiger partial charge in [0.25, 0.3) is 10.0 Å². The number of hydrogen-bond donors (Lipinski definition) is 1. The quantitative estimate of drug-likeness (QED) is 0.324. The summed E-state index contributed by atoms with van der Waals surface area (Å²) in [4.78, 5) is 28.6. The van der Waals surface area contributed by atoms with E-state index in [0.29, 0.717) is 24.3 Å². The van der Waals surface area contributed by atoms with Crippen LogP contribution in [0.4, 0.5) is 10.1 Å². The van der Waals surface area contributed by atoms with Crippen molar-refractivity contribution in [2.75, 3.05) is 24.5 Å². The van der Waals surface area contributed by atoms with Crippen molar-refractivity contribution in [2.45, 2.75) is 44.7 Å². The zero-order valence-electron chi connectivity index (χ0n) is 23.2. The Labute approximate surface area is 235 Å². The smallest absolute Gasteiger partial charge is 0.264 e. The Hall–Kier alpha value is -3.92. The lowest BCUT2D eigenvalue weighted by Crippen LogP contribution is -2.52. The number of rotatable bonds is 13. The van der Waals surface area contributed by atoms with Gasteiger partial charge >= 0.3 is 0 Å². The number of carbonyl (C=O) groups is 2. The number of halogens is 1. The van der Waals surface area contributed by atoms with Gasteiger partial charge in [0.1, 0.15) is 24.2 Å². The number of methoxy groups -OCH3 is 1. The number of nitrogens with one attached hydrogen (secondary N) is 1. The molecule has 0 aliphatic heterocycles. The van der Waals surface area contributed by atoms with Gasteiger partial charge in [-0.15, -0.1) is 0 Å². The maximum absolute atomic E-state index is 14.0. The Morgan fingerprint density at radius 1 is 0.975 bits per heavy atom. The molecule has 2 amide bonds. The molecule has 0 spiro atoms. The number of sulfonamides is 1. The first-order chi connectivity index (χ1) is 19.1. The van der Waals surface area contributed by atoms with E-state index < -0.39 is 34.3 Å². The zero-order chi connectivity index (χ0) is 29.3. The van der Waals surface area contributed by atoms with Crippen LogP contribution in [-0.4, -0.2) is 51.4 Å². The van der Waals surface area contributed by atoms with Crippen LogP contribution in [0.15, 0.2) is 83.8 Å². The van der Waals surface area contributed by atoms with Crippen LogP contribution >= 0.6 is 0 Å². The highest BCUT2D eigenvalue weighted by Crippen LogP contribution is 2.27. The molecule has 8 nitrogen and oxygen atoms in total. The predicted octanol–water partition coefficient (Wildman–Crippen LogP) is 4.61. The number of hydrogen-bond acceptors (Lipinski definition) is 5. The number of carbonyl (C=O) groups excluding carboxylic acids is 2. The SMILES string of the molecule is CC[C@@H](C(=O)NCC(C)C)N(Cc1ccc(F)cc1)C(=O)CN(c1cccc(OC)c1)S(=O)(=O)c1ccccc1. The highest BCUT2D eigenvalue weighted by atomic mass is 32.2. The second-order valence-electron chi connectivity index (χ2n) is 9.74. The van der Waals surface area contributed by atoms with Crippen molar-refractivity contribution in [1.82, 2.24) is 10.2 Å². The van der Waals surface area contributed by atoms with Crippen LogP contribution in [0.1, 0.15) is 32.8 Å². The van der Waals surface area contributed by atoms with Gasteiger partial charge in [-0.1, -0.05) is 57.2 Å². The van der Waals surface area contributed by atoms with E-state index >= 15 is 0 Å². The Kier molecular flexibility index (Phi) is 10.7. The minimum atomic E-state index is -4.18. The van der Waals surface area contributed by atoms with E-state index in [1.807, 2.05) is 13.8 Å². The average molecular weight is 570 g/mol. The lowest BCUT2D eigenvalue weighted by molar-refractivity contribution is -0.140. The zero-order valence-corrected chi connectivity index (χ0v) is 24.0. The Morgan fingerprint density at radius 3 is 2.25 bits per heavy atom. The molecule has 40 heavy (non-hydrogen) atoms. The van der Waals surface area contributed by atoms with E-state index in [0.717, 1.165) is 4.31 Å². The first-order valence-corrected chi connectivity index (χ1v) is 14.5. The van der Waals surface area contributed by atoms with E-state index in [9.17, 15) is 22.4 Å². The summed E-state index contributed by atoms with van der Waals surface area (Å²) < 4.78 is 47.6. The third-order valence-corrected chi connectivity index (χ3v) is 8.08. The summed E-state index contributed by atoms with van der Waals surface area (Å²) in [7, 11) is -2.72. The summed E-state index contributed by atoms with van der Waals surface area (Å²) in [6, 6.07) is 19.0. The lowest BCUT2D eigenvalue weighted by Gasteiger charge is -2.33. The van der Waals surface area contributed by atoms with Crippen LogP contribution in [0.2, 0.25) is 0 Å². The summed E-state index contributed by atoms with van der Waals surface area (Å²) >= 11 is 0. The minimum Gasteiger partial charge on any atom is -0.497 e. The van der Waals surface area contributed by atoms with E-state index in [2.05, 4.69) is 5.32 Å². The molecule has 3 rings (SSSR count). The second-order valence-corrected chi connectivity index (χ2v) is 11.6. The first-order valence-electron chi connectivity index (χ1n) is 13.1. The topological polar surface area (TPSA) is 96.0 Å². The van der Waals surface area contributed by atoms with Crippen molar-refractivity contribution < 1.29 is 27.1 Å². The summed E-state index contributed by atoms with van der Waals surface area (Å²) in [6.45, 7) is 5.55. The van der Waals surface area contributed by atoms with E-state index in [1.165, 1.54) is 54.5 Å². The van der Waals surface area contributed by atoms with E-state index in [-0.39, 0.29) is 29.0 Å². The van der Waals surface area contributed by atoms with Crippen molar-refractivity contribution in [1.29, 1.82) is 0 Å². The normalized spacial score (nSPS) is 12.1. The van der Waals surface area contributed by atoms with Crippen LogP contribution in [0.5, 0.6) is 5.75 Å². The van der Waals surface area contributed by atoms with Crippen molar-refractivity contribution in [3.05, 3.63) is 90.2 Å². The standard InChI is InChI=1S/C30H36FN3O5S/c1-5-28(30(36)32-19-22(2)3)33(20-23-14-16-24(31)17-15-23)29(35)21-34(25-10-9-11-26(18-25)39-4)40(37,38)27-12-7-6-8-13-27/h6-18,22,28H,5,19-21H2,1-4H3,(H,32,36)/t28-/m0/s1. The molecule has 0 heterocycles. The van der Waals surface area contributed by atoms with Crippen molar-refractivity contribution in [3.8, 4) is 5.75 Å². The molecule has 214 valence electrons. The molecule has 1 atom stereocenters. The van der Waals surface area contributed by atoms with Crippen LogP contribution in [0.3, 0.4) is 0 Å². The van der Waals surface area contributed by atoms with Gasteiger partial charge in [-0.2, -0.15) is 0 Å². The predicted molar refractivity (Wildman–Crippen MR) is 153 cm³/mol. The van der Waals surface area contributed by atoms with E-state index in [4.69, 9.17) is 4.74 Å². The molecule has 0 aliphatic carbocycles. The number of amides is 2. The van der Waals surface area contributed by atoms with Crippen LogP contribution < -0.4 is 14.4 Å². The third kappa shape index (κ3) is 7.81. The summed E-state index contributed by atoms with van der Waals surface area (Å²) in [5, 5.41) is 2.88. The van der Waals surface area contributed by atoms with Gasteiger partial charge < -0.3 is 15.0 Å². The minimum absolute atomic E-state index is 0.00987. The number of nitrogens with zero attached hydrogens (tertiary/aromatic N) is 2. The van der Waals surface area contributed by atoms with Crippen molar-refractivity contribution >= 4 is 27.5 Å². The fourth-order valence-corrected chi connectivity index (χ4v) is 5.57. The molecule has 0 aromatic heterocycles. The van der Waals surface area contributed by atoms with Gasteiger partial charge in [-0.3, -0.25) is 13.9 Å². The first kappa shape index (κ1) is 30.6. The molecule has 0 bridgehead atoms. The van der Waals surface area contributed by atoms with Gasteiger partial charge in [0.05, 0.1) is 17.7 Å². The molecule has 3 aromatic carbocycles. The van der Waals surface area contributed by atoms with Gasteiger partial charge in [0, 0.05) is 19.2 Å². The summed E-state index contributed by atoms with van der Waals surface area (Å²) in [6.07, 6.45) is 0.293. The monoisotopic (exact) mass is 569 g/mol. The molecule has 0 fully saturated rings. The molecule has 0 unspecified atom stereocenters. The van der Waals surface area contributed by atoms with Gasteiger partial charge in [-0.05, 0) is 54.3 Å². The molecule has 3 aromatic rings. The fourth-order valence-electron chi connectivity index (χ4n) is 4.14. The number of ether oxygens (including phenoxy) is 1. The highest BCUT2D eigenvalue weighted by Gasteiger charge is 2.33. The molecule has 1 N–H and O–H groups in total. The van der Waals surface area contributed by atoms with Gasteiger partial charge in [-0.25, -0.2) is 12.8 Å². The molecule has 0 radical (unpaired) electrons. The number of anilines is 1. The Bertz CT molecular complexity index is 1380. The molecular weight excluding hydrogens is 533 g/mol. The van der Waals surface area contributed by atoms with Crippen LogP contribution in [-0.2, 0) is 26.2 Å².